The fourth-order valence-corrected chi connectivity index (χ4v) is 8.94. The van der Waals surface area contributed by atoms with E-state index in [-0.39, 0.29) is 5.56 Å². The molecule has 0 aliphatic heterocycles. The number of benzene rings is 8. The highest BCUT2D eigenvalue weighted by Crippen LogP contribution is 2.42. The molecule has 0 radical (unpaired) electrons. The van der Waals surface area contributed by atoms with Gasteiger partial charge < -0.3 is 0 Å². The van der Waals surface area contributed by atoms with E-state index in [0.717, 1.165) is 82.3 Å². The number of hydrogen-bond acceptors (Lipinski definition) is 3. The molecule has 6 nitrogen and oxygen atoms in total. The summed E-state index contributed by atoms with van der Waals surface area (Å²) >= 11 is 0. The molecule has 0 saturated heterocycles. The van der Waals surface area contributed by atoms with E-state index in [4.69, 9.17) is 9.97 Å². The fourth-order valence-electron chi connectivity index (χ4n) is 8.94. The van der Waals surface area contributed by atoms with Gasteiger partial charge in [0, 0.05) is 43.4 Å². The Morgan fingerprint density at radius 1 is 0.364 bits per heavy atom. The van der Waals surface area contributed by atoms with Crippen LogP contribution in [0.3, 0.4) is 0 Å². The van der Waals surface area contributed by atoms with E-state index in [1.165, 1.54) is 10.8 Å². The number of para-hydroxylation sites is 4. The van der Waals surface area contributed by atoms with Crippen molar-refractivity contribution in [3.63, 3.8) is 0 Å². The van der Waals surface area contributed by atoms with Crippen molar-refractivity contribution in [2.45, 2.75) is 0 Å². The lowest BCUT2D eigenvalue weighted by molar-refractivity contribution is 0.974. The van der Waals surface area contributed by atoms with Crippen molar-refractivity contribution in [3.05, 3.63) is 186 Å². The Kier molecular flexibility index (Phi) is 6.11. The molecule has 0 saturated carbocycles. The normalized spacial score (nSPS) is 12.1. The Morgan fingerprint density at radius 2 is 0.945 bits per heavy atom. The van der Waals surface area contributed by atoms with Gasteiger partial charge >= 0.3 is 0 Å². The van der Waals surface area contributed by atoms with Crippen LogP contribution < -0.4 is 5.56 Å². The Morgan fingerprint density at radius 3 is 1.71 bits per heavy atom. The number of rotatable bonds is 3. The summed E-state index contributed by atoms with van der Waals surface area (Å²) in [5.41, 5.74) is 6.51. The third kappa shape index (κ3) is 4.10. The Balaban J connectivity index is 1.32. The quantitative estimate of drug-likeness (QED) is 0.172. The first-order valence-electron chi connectivity index (χ1n) is 18.5. The molecule has 0 unspecified atom stereocenters. The molecule has 4 heterocycles. The lowest BCUT2D eigenvalue weighted by Gasteiger charge is -2.17. The predicted molar refractivity (Wildman–Crippen MR) is 226 cm³/mol. The van der Waals surface area contributed by atoms with E-state index in [2.05, 4.69) is 130 Å². The average molecular weight is 704 g/mol. The van der Waals surface area contributed by atoms with E-state index < -0.39 is 0 Å². The van der Waals surface area contributed by atoms with Crippen LogP contribution in [0.2, 0.25) is 0 Å². The first-order chi connectivity index (χ1) is 27.2. The number of hydrogen-bond donors (Lipinski definition) is 0. The van der Waals surface area contributed by atoms with Crippen molar-refractivity contribution < 1.29 is 0 Å². The van der Waals surface area contributed by atoms with Gasteiger partial charge in [-0.3, -0.25) is 18.5 Å². The average Bonchev–Trinajstić information content (AvgIpc) is 3.77. The summed E-state index contributed by atoms with van der Waals surface area (Å²) in [7, 11) is 0. The molecule has 0 N–H and O–H groups in total. The number of pyridine rings is 1. The van der Waals surface area contributed by atoms with Crippen LogP contribution >= 0.6 is 0 Å². The molecule has 0 aliphatic rings. The Labute approximate surface area is 313 Å². The second-order valence-electron chi connectivity index (χ2n) is 14.1. The van der Waals surface area contributed by atoms with Crippen molar-refractivity contribution >= 4 is 87.0 Å². The van der Waals surface area contributed by atoms with E-state index in [1.807, 2.05) is 59.2 Å². The molecule has 55 heavy (non-hydrogen) atoms. The highest BCUT2D eigenvalue weighted by atomic mass is 16.1. The lowest BCUT2D eigenvalue weighted by Crippen LogP contribution is -2.19. The molecule has 12 aromatic rings. The maximum absolute atomic E-state index is 14.4. The predicted octanol–water partition coefficient (Wildman–Crippen LogP) is 11.4. The summed E-state index contributed by atoms with van der Waals surface area (Å²) in [4.78, 5) is 25.4. The van der Waals surface area contributed by atoms with Crippen LogP contribution in [0.25, 0.3) is 104 Å². The molecule has 0 amide bonds. The number of nitrogens with zero attached hydrogens (tertiary/aromatic N) is 5. The molecule has 256 valence electrons. The van der Waals surface area contributed by atoms with Gasteiger partial charge in [-0.05, 0) is 70.8 Å². The van der Waals surface area contributed by atoms with Gasteiger partial charge in [0.25, 0.3) is 5.56 Å². The van der Waals surface area contributed by atoms with Crippen LogP contribution in [0, 0.1) is 0 Å². The van der Waals surface area contributed by atoms with Gasteiger partial charge in [0.1, 0.15) is 0 Å². The van der Waals surface area contributed by atoms with Gasteiger partial charge in [-0.25, -0.2) is 4.98 Å². The first kappa shape index (κ1) is 29.9. The van der Waals surface area contributed by atoms with Gasteiger partial charge in [-0.15, -0.1) is 0 Å². The highest BCUT2D eigenvalue weighted by Gasteiger charge is 2.24. The second-order valence-corrected chi connectivity index (χ2v) is 14.1. The molecule has 0 bridgehead atoms. The summed E-state index contributed by atoms with van der Waals surface area (Å²) in [6.07, 6.45) is 0. The van der Waals surface area contributed by atoms with Crippen LogP contribution in [0.15, 0.2) is 181 Å². The van der Waals surface area contributed by atoms with Gasteiger partial charge in [0.2, 0.25) is 5.95 Å². The van der Waals surface area contributed by atoms with E-state index in [0.29, 0.717) is 11.3 Å². The van der Waals surface area contributed by atoms with E-state index in [9.17, 15) is 4.79 Å². The lowest BCUT2D eigenvalue weighted by atomic mass is 10.00. The Bertz CT molecular complexity index is 3580. The van der Waals surface area contributed by atoms with Crippen LogP contribution in [-0.4, -0.2) is 23.7 Å². The standard InChI is InChI=1S/C49H29N5O/c55-48-36-21-7-6-20-35(36)45-43(52(48)31-15-2-1-3-16-31)29-27-38-44-32-17-5-4-14-30(32)26-28-42(44)54(46(38)45)49-50-39-23-11-8-22-37(39)47(51-49)53-40-24-12-9-18-33(40)34-19-10-13-25-41(34)53/h1-29H. The highest BCUT2D eigenvalue weighted by molar-refractivity contribution is 6.29. The largest absolute Gasteiger partial charge is 0.293 e. The summed E-state index contributed by atoms with van der Waals surface area (Å²) in [5, 5.41) is 10.3. The minimum Gasteiger partial charge on any atom is -0.293 e. The topological polar surface area (TPSA) is 57.6 Å². The summed E-state index contributed by atoms with van der Waals surface area (Å²) in [6.45, 7) is 0. The van der Waals surface area contributed by atoms with Crippen LogP contribution in [0.5, 0.6) is 0 Å². The molecule has 12 rings (SSSR count). The monoisotopic (exact) mass is 703 g/mol. The van der Waals surface area contributed by atoms with Gasteiger partial charge in [0.15, 0.2) is 5.82 Å². The van der Waals surface area contributed by atoms with Crippen LogP contribution in [0.1, 0.15) is 0 Å². The number of aromatic nitrogens is 5. The molecule has 0 spiro atoms. The molecule has 8 aromatic carbocycles. The van der Waals surface area contributed by atoms with Crippen LogP contribution in [-0.2, 0) is 0 Å². The van der Waals surface area contributed by atoms with Gasteiger partial charge in [-0.2, -0.15) is 4.98 Å². The van der Waals surface area contributed by atoms with Crippen molar-refractivity contribution in [1.82, 2.24) is 23.7 Å². The molecular formula is C49H29N5O. The zero-order chi connectivity index (χ0) is 36.2. The molecule has 6 heteroatoms. The van der Waals surface area contributed by atoms with Crippen molar-refractivity contribution in [1.29, 1.82) is 0 Å². The maximum Gasteiger partial charge on any atom is 0.263 e. The van der Waals surface area contributed by atoms with E-state index >= 15 is 0 Å². The van der Waals surface area contributed by atoms with Gasteiger partial charge in [0.05, 0.1) is 33.1 Å². The summed E-state index contributed by atoms with van der Waals surface area (Å²) in [5.74, 6) is 1.36. The SMILES string of the molecule is O=c1c2ccccc2c2c(ccc3c4c5ccccc5ccc4n(-c4nc(-n5c6ccccc6c6ccccc65)c5ccccc5n4)c32)n1-c1ccccc1. The zero-order valence-electron chi connectivity index (χ0n) is 29.4. The van der Waals surface area contributed by atoms with Crippen molar-refractivity contribution in [3.8, 4) is 17.5 Å². The smallest absolute Gasteiger partial charge is 0.263 e. The van der Waals surface area contributed by atoms with Crippen molar-refractivity contribution in [2.24, 2.45) is 0 Å². The molecule has 4 aromatic heterocycles. The zero-order valence-corrected chi connectivity index (χ0v) is 29.4. The molecule has 0 atom stereocenters. The van der Waals surface area contributed by atoms with E-state index in [1.54, 1.807) is 0 Å². The number of fused-ring (bicyclic) bond motifs is 13. The summed E-state index contributed by atoms with van der Waals surface area (Å²) < 4.78 is 6.36. The summed E-state index contributed by atoms with van der Waals surface area (Å²) in [6, 6.07) is 60.4. The third-order valence-electron chi connectivity index (χ3n) is 11.2. The molecular weight excluding hydrogens is 675 g/mol. The van der Waals surface area contributed by atoms with Gasteiger partial charge in [-0.1, -0.05) is 121 Å². The fraction of sp³-hybridized carbons (Fsp3) is 0. The third-order valence-corrected chi connectivity index (χ3v) is 11.2. The maximum atomic E-state index is 14.4. The Hall–Kier alpha value is -7.57. The minimum atomic E-state index is -0.0580. The molecule has 0 fully saturated rings. The second kappa shape index (κ2) is 11.2. The molecule has 0 aliphatic carbocycles. The minimum absolute atomic E-state index is 0.0580. The first-order valence-corrected chi connectivity index (χ1v) is 18.5. The van der Waals surface area contributed by atoms with Crippen LogP contribution in [0.4, 0.5) is 0 Å². The van der Waals surface area contributed by atoms with Crippen molar-refractivity contribution in [2.75, 3.05) is 0 Å².